The van der Waals surface area contributed by atoms with Crippen LogP contribution < -0.4 is 4.72 Å². The van der Waals surface area contributed by atoms with Crippen molar-refractivity contribution in [1.82, 2.24) is 9.88 Å². The maximum atomic E-state index is 12.4. The van der Waals surface area contributed by atoms with Gasteiger partial charge in [0.15, 0.2) is 0 Å². The molecule has 5 nitrogen and oxygen atoms in total. The highest BCUT2D eigenvalue weighted by Crippen LogP contribution is 2.34. The number of aryl methyl sites for hydroxylation is 1. The molecule has 134 valence electrons. The Kier molecular flexibility index (Phi) is 4.95. The number of hydrogen-bond donors (Lipinski definition) is 1. The second-order valence-electron chi connectivity index (χ2n) is 5.93. The van der Waals surface area contributed by atoms with Gasteiger partial charge in [-0.05, 0) is 38.5 Å². The smallest absolute Gasteiger partial charge is 0.261 e. The van der Waals surface area contributed by atoms with E-state index in [1.807, 2.05) is 37.3 Å². The van der Waals surface area contributed by atoms with Crippen LogP contribution in [0.15, 0.2) is 75.8 Å². The third-order valence-electron chi connectivity index (χ3n) is 4.09. The van der Waals surface area contributed by atoms with Gasteiger partial charge in [0.05, 0.1) is 10.5 Å². The fourth-order valence-corrected chi connectivity index (χ4v) is 3.79. The molecule has 2 aromatic carbocycles. The molecule has 3 aromatic rings. The van der Waals surface area contributed by atoms with Gasteiger partial charge >= 0.3 is 0 Å². The molecule has 0 radical (unpaired) electrons. The van der Waals surface area contributed by atoms with Gasteiger partial charge in [-0.1, -0.05) is 53.7 Å². The van der Waals surface area contributed by atoms with Crippen molar-refractivity contribution < 1.29 is 12.9 Å². The van der Waals surface area contributed by atoms with Crippen LogP contribution in [-0.4, -0.2) is 13.6 Å². The summed E-state index contributed by atoms with van der Waals surface area (Å²) >= 11 is 0. The average molecular weight is 368 g/mol. The van der Waals surface area contributed by atoms with Crippen molar-refractivity contribution in [2.24, 2.45) is 0 Å². The summed E-state index contributed by atoms with van der Waals surface area (Å²) in [4.78, 5) is 0.206. The van der Waals surface area contributed by atoms with Gasteiger partial charge in [0.25, 0.3) is 10.0 Å². The van der Waals surface area contributed by atoms with E-state index in [1.54, 1.807) is 44.2 Å². The zero-order valence-electron chi connectivity index (χ0n) is 14.9. The summed E-state index contributed by atoms with van der Waals surface area (Å²) in [5.74, 6) is 0.683. The first-order chi connectivity index (χ1) is 12.4. The van der Waals surface area contributed by atoms with Crippen molar-refractivity contribution in [3.05, 3.63) is 72.1 Å². The van der Waals surface area contributed by atoms with Gasteiger partial charge in [-0.2, -0.15) is 0 Å². The first-order valence-electron chi connectivity index (χ1n) is 8.20. The van der Waals surface area contributed by atoms with E-state index < -0.39 is 10.0 Å². The maximum Gasteiger partial charge on any atom is 0.261 e. The predicted molar refractivity (Wildman–Crippen MR) is 102 cm³/mol. The number of aromatic nitrogens is 1. The largest absolute Gasteiger partial charge is 0.360 e. The van der Waals surface area contributed by atoms with Crippen LogP contribution in [0.25, 0.3) is 22.4 Å². The number of hydrogen-bond acceptors (Lipinski definition) is 4. The number of allylic oxidation sites excluding steroid dienone is 2. The fourth-order valence-electron chi connectivity index (χ4n) is 2.64. The molecule has 3 rings (SSSR count). The molecule has 0 aliphatic rings. The van der Waals surface area contributed by atoms with Gasteiger partial charge < -0.3 is 4.52 Å². The van der Waals surface area contributed by atoms with E-state index >= 15 is 0 Å². The molecule has 0 saturated heterocycles. The second-order valence-corrected chi connectivity index (χ2v) is 7.61. The van der Waals surface area contributed by atoms with Crippen LogP contribution in [0.2, 0.25) is 0 Å². The highest BCUT2D eigenvalue weighted by atomic mass is 32.2. The number of rotatable bonds is 5. The molecule has 0 saturated carbocycles. The highest BCUT2D eigenvalue weighted by Gasteiger charge is 2.18. The molecule has 1 heterocycles. The van der Waals surface area contributed by atoms with Crippen LogP contribution in [0.1, 0.15) is 19.6 Å². The molecular formula is C20H20N2O3S. The fraction of sp³-hybridized carbons (Fsp3) is 0.150. The Morgan fingerprint density at radius 2 is 1.69 bits per heavy atom. The van der Waals surface area contributed by atoms with Crippen molar-refractivity contribution in [3.63, 3.8) is 0 Å². The number of nitrogens with one attached hydrogen (secondary N) is 1. The van der Waals surface area contributed by atoms with Crippen molar-refractivity contribution in [2.45, 2.75) is 25.7 Å². The Balaban J connectivity index is 1.99. The molecular weight excluding hydrogens is 348 g/mol. The van der Waals surface area contributed by atoms with E-state index in [1.165, 1.54) is 0 Å². The lowest BCUT2D eigenvalue weighted by atomic mass is 10.00. The van der Waals surface area contributed by atoms with Crippen molar-refractivity contribution in [3.8, 4) is 22.4 Å². The van der Waals surface area contributed by atoms with Crippen molar-refractivity contribution in [1.29, 1.82) is 0 Å². The lowest BCUT2D eigenvalue weighted by molar-refractivity contribution is 0.400. The second kappa shape index (κ2) is 7.17. The quantitative estimate of drug-likeness (QED) is 0.719. The summed E-state index contributed by atoms with van der Waals surface area (Å²) in [6.07, 6.45) is 1.71. The van der Waals surface area contributed by atoms with Crippen molar-refractivity contribution in [2.75, 3.05) is 0 Å². The lowest BCUT2D eigenvalue weighted by Gasteiger charge is -2.09. The van der Waals surface area contributed by atoms with E-state index in [-0.39, 0.29) is 4.90 Å². The minimum Gasteiger partial charge on any atom is -0.360 e. The molecule has 0 aliphatic carbocycles. The molecule has 0 aliphatic heterocycles. The van der Waals surface area contributed by atoms with E-state index in [0.29, 0.717) is 11.5 Å². The molecule has 0 bridgehead atoms. The van der Waals surface area contributed by atoms with Gasteiger partial charge in [-0.3, -0.25) is 4.72 Å². The maximum absolute atomic E-state index is 12.4. The molecule has 0 unspecified atom stereocenters. The highest BCUT2D eigenvalue weighted by molar-refractivity contribution is 7.89. The standard InChI is InChI=1S/C20H20N2O3S/c1-4-14(2)22-26(23,24)18-12-10-16(11-13-18)19-15(3)25-21-20(19)17-8-6-5-7-9-17/h4-13,22H,1-3H3. The molecule has 0 atom stereocenters. The Labute approximate surface area is 153 Å². The topological polar surface area (TPSA) is 72.2 Å². The Morgan fingerprint density at radius 3 is 2.31 bits per heavy atom. The SMILES string of the molecule is CC=C(C)NS(=O)(=O)c1ccc(-c2c(-c3ccccc3)noc2C)cc1. The summed E-state index contributed by atoms with van der Waals surface area (Å²) in [5, 5.41) is 4.17. The van der Waals surface area contributed by atoms with Crippen LogP contribution in [-0.2, 0) is 10.0 Å². The van der Waals surface area contributed by atoms with Gasteiger partial charge in [-0.15, -0.1) is 0 Å². The van der Waals surface area contributed by atoms with Gasteiger partial charge in [-0.25, -0.2) is 8.42 Å². The van der Waals surface area contributed by atoms with Crippen molar-refractivity contribution >= 4 is 10.0 Å². The molecule has 0 spiro atoms. The molecule has 26 heavy (non-hydrogen) atoms. The van der Waals surface area contributed by atoms with E-state index in [0.717, 1.165) is 22.4 Å². The number of benzene rings is 2. The molecule has 1 aromatic heterocycles. The molecule has 0 fully saturated rings. The number of nitrogens with zero attached hydrogens (tertiary/aromatic N) is 1. The van der Waals surface area contributed by atoms with Gasteiger partial charge in [0.1, 0.15) is 11.5 Å². The Bertz CT molecular complexity index is 1030. The Hall–Kier alpha value is -2.86. The summed E-state index contributed by atoms with van der Waals surface area (Å²) < 4.78 is 32.7. The van der Waals surface area contributed by atoms with E-state index in [4.69, 9.17) is 4.52 Å². The van der Waals surface area contributed by atoms with Gasteiger partial charge in [0, 0.05) is 11.3 Å². The number of sulfonamides is 1. The van der Waals surface area contributed by atoms with Crippen LogP contribution >= 0.6 is 0 Å². The third-order valence-corrected chi connectivity index (χ3v) is 5.58. The zero-order chi connectivity index (χ0) is 18.7. The lowest BCUT2D eigenvalue weighted by Crippen LogP contribution is -2.21. The van der Waals surface area contributed by atoms with Crippen LogP contribution in [0.4, 0.5) is 0 Å². The van der Waals surface area contributed by atoms with E-state index in [2.05, 4.69) is 9.88 Å². The normalized spacial score (nSPS) is 12.2. The van der Waals surface area contributed by atoms with Crippen LogP contribution in [0.3, 0.4) is 0 Å². The molecule has 6 heteroatoms. The predicted octanol–water partition coefficient (Wildman–Crippen LogP) is 4.52. The summed E-state index contributed by atoms with van der Waals surface area (Å²) in [6, 6.07) is 16.4. The van der Waals surface area contributed by atoms with Crippen LogP contribution in [0.5, 0.6) is 0 Å². The van der Waals surface area contributed by atoms with E-state index in [9.17, 15) is 8.42 Å². The Morgan fingerprint density at radius 1 is 1.04 bits per heavy atom. The van der Waals surface area contributed by atoms with Crippen LogP contribution in [0, 0.1) is 6.92 Å². The summed E-state index contributed by atoms with van der Waals surface area (Å²) in [5.41, 5.74) is 3.97. The monoisotopic (exact) mass is 368 g/mol. The molecule has 1 N–H and O–H groups in total. The first-order valence-corrected chi connectivity index (χ1v) is 9.68. The summed E-state index contributed by atoms with van der Waals surface area (Å²) in [7, 11) is -3.59. The minimum atomic E-state index is -3.59. The first kappa shape index (κ1) is 17.9. The average Bonchev–Trinajstić information content (AvgIpc) is 3.03. The van der Waals surface area contributed by atoms with Gasteiger partial charge in [0.2, 0.25) is 0 Å². The minimum absolute atomic E-state index is 0.206. The summed E-state index contributed by atoms with van der Waals surface area (Å²) in [6.45, 7) is 5.33. The molecule has 0 amide bonds. The zero-order valence-corrected chi connectivity index (χ0v) is 15.7. The third kappa shape index (κ3) is 3.55.